The maximum Gasteiger partial charge on any atom is 0.387 e. The highest BCUT2D eigenvalue weighted by atomic mass is 19.3. The molecule has 0 spiro atoms. The van der Waals surface area contributed by atoms with E-state index in [1.807, 2.05) is 32.0 Å². The molecule has 0 aliphatic heterocycles. The number of benzene rings is 2. The first-order valence-corrected chi connectivity index (χ1v) is 9.99. The number of aliphatic hydroxyl groups excluding tert-OH is 1. The maximum atomic E-state index is 12.2. The lowest BCUT2D eigenvalue weighted by Crippen LogP contribution is -2.41. The number of rotatable bonds is 10. The molecule has 2 aromatic rings. The molecule has 31 heavy (non-hydrogen) atoms. The number of guanidine groups is 1. The van der Waals surface area contributed by atoms with Gasteiger partial charge in [0.15, 0.2) is 5.96 Å². The van der Waals surface area contributed by atoms with Crippen LogP contribution in [0, 0.1) is 6.92 Å². The van der Waals surface area contributed by atoms with E-state index in [0.717, 1.165) is 5.56 Å². The molecular formula is C22H28F2N4O3. The molecular weight excluding hydrogens is 406 g/mol. The van der Waals surface area contributed by atoms with Crippen molar-refractivity contribution in [1.82, 2.24) is 16.0 Å². The number of nitrogens with zero attached hydrogens (tertiary/aromatic N) is 1. The third-order valence-corrected chi connectivity index (χ3v) is 4.24. The second kappa shape index (κ2) is 12.5. The molecule has 0 saturated heterocycles. The SMILES string of the molecule is CCNC(=NCC(O)c1ccc(OC(F)F)cc1)NCCNC(=O)c1cccc(C)c1. The quantitative estimate of drug-likeness (QED) is 0.262. The highest BCUT2D eigenvalue weighted by Crippen LogP contribution is 2.19. The second-order valence-electron chi connectivity index (χ2n) is 6.74. The van der Waals surface area contributed by atoms with Crippen molar-refractivity contribution in [3.63, 3.8) is 0 Å². The largest absolute Gasteiger partial charge is 0.435 e. The molecule has 7 nitrogen and oxygen atoms in total. The molecule has 0 radical (unpaired) electrons. The Hall–Kier alpha value is -3.20. The molecule has 1 unspecified atom stereocenters. The van der Waals surface area contributed by atoms with Crippen LogP contribution in [0.3, 0.4) is 0 Å². The Balaban J connectivity index is 1.81. The van der Waals surface area contributed by atoms with Crippen LogP contribution in [0.1, 0.15) is 34.5 Å². The minimum atomic E-state index is -2.89. The number of carbonyl (C=O) groups is 1. The van der Waals surface area contributed by atoms with Crippen LogP contribution in [0.15, 0.2) is 53.5 Å². The van der Waals surface area contributed by atoms with Crippen LogP contribution >= 0.6 is 0 Å². The summed E-state index contributed by atoms with van der Waals surface area (Å²) in [6.07, 6.45) is -0.905. The molecule has 9 heteroatoms. The molecule has 2 rings (SSSR count). The summed E-state index contributed by atoms with van der Waals surface area (Å²) in [6, 6.07) is 13.1. The Labute approximate surface area is 180 Å². The van der Waals surface area contributed by atoms with Crippen LogP contribution in [0.5, 0.6) is 5.75 Å². The van der Waals surface area contributed by atoms with Crippen molar-refractivity contribution in [3.05, 3.63) is 65.2 Å². The van der Waals surface area contributed by atoms with Gasteiger partial charge in [-0.15, -0.1) is 0 Å². The molecule has 2 aromatic carbocycles. The van der Waals surface area contributed by atoms with Gasteiger partial charge in [-0.25, -0.2) is 0 Å². The van der Waals surface area contributed by atoms with Gasteiger partial charge in [0, 0.05) is 25.2 Å². The fraction of sp³-hybridized carbons (Fsp3) is 0.364. The van der Waals surface area contributed by atoms with E-state index in [1.165, 1.54) is 24.3 Å². The Morgan fingerprint density at radius 3 is 2.45 bits per heavy atom. The van der Waals surface area contributed by atoms with Gasteiger partial charge >= 0.3 is 6.61 Å². The van der Waals surface area contributed by atoms with Crippen molar-refractivity contribution >= 4 is 11.9 Å². The van der Waals surface area contributed by atoms with Crippen LogP contribution in [-0.4, -0.2) is 49.8 Å². The summed E-state index contributed by atoms with van der Waals surface area (Å²) in [6.45, 7) is 2.48. The van der Waals surface area contributed by atoms with Crippen molar-refractivity contribution in [1.29, 1.82) is 0 Å². The van der Waals surface area contributed by atoms with Gasteiger partial charge < -0.3 is 25.8 Å². The summed E-state index contributed by atoms with van der Waals surface area (Å²) in [7, 11) is 0. The van der Waals surface area contributed by atoms with Gasteiger partial charge in [0.1, 0.15) is 5.75 Å². The number of aryl methyl sites for hydroxylation is 1. The molecule has 0 saturated carbocycles. The van der Waals surface area contributed by atoms with Crippen molar-refractivity contribution < 1.29 is 23.4 Å². The summed E-state index contributed by atoms with van der Waals surface area (Å²) in [4.78, 5) is 16.5. The second-order valence-corrected chi connectivity index (χ2v) is 6.74. The smallest absolute Gasteiger partial charge is 0.387 e. The van der Waals surface area contributed by atoms with Gasteiger partial charge in [-0.3, -0.25) is 9.79 Å². The minimum Gasteiger partial charge on any atom is -0.435 e. The van der Waals surface area contributed by atoms with Crippen molar-refractivity contribution in [2.45, 2.75) is 26.6 Å². The highest BCUT2D eigenvalue weighted by Gasteiger charge is 2.10. The van der Waals surface area contributed by atoms with Crippen molar-refractivity contribution in [2.24, 2.45) is 4.99 Å². The molecule has 0 fully saturated rings. The van der Waals surface area contributed by atoms with Crippen LogP contribution in [0.4, 0.5) is 8.78 Å². The third kappa shape index (κ3) is 8.59. The number of hydrogen-bond acceptors (Lipinski definition) is 4. The van der Waals surface area contributed by atoms with Crippen LogP contribution < -0.4 is 20.7 Å². The maximum absolute atomic E-state index is 12.2. The van der Waals surface area contributed by atoms with E-state index in [0.29, 0.717) is 36.7 Å². The first-order valence-electron chi connectivity index (χ1n) is 9.99. The van der Waals surface area contributed by atoms with Gasteiger partial charge in [-0.1, -0.05) is 29.8 Å². The van der Waals surface area contributed by atoms with Gasteiger partial charge in [0.2, 0.25) is 0 Å². The number of aliphatic imine (C=N–C) groups is 1. The zero-order valence-corrected chi connectivity index (χ0v) is 17.6. The molecule has 0 aliphatic carbocycles. The topological polar surface area (TPSA) is 95.0 Å². The predicted molar refractivity (Wildman–Crippen MR) is 116 cm³/mol. The lowest BCUT2D eigenvalue weighted by atomic mass is 10.1. The number of amides is 1. The predicted octanol–water partition coefficient (Wildman–Crippen LogP) is 2.61. The summed E-state index contributed by atoms with van der Waals surface area (Å²) in [5.41, 5.74) is 2.15. The molecule has 0 bridgehead atoms. The Morgan fingerprint density at radius 2 is 1.81 bits per heavy atom. The Morgan fingerprint density at radius 1 is 1.10 bits per heavy atom. The van der Waals surface area contributed by atoms with E-state index in [9.17, 15) is 18.7 Å². The van der Waals surface area contributed by atoms with Crippen LogP contribution in [0.25, 0.3) is 0 Å². The normalized spacial score (nSPS) is 12.4. The number of nitrogens with one attached hydrogen (secondary N) is 3. The highest BCUT2D eigenvalue weighted by molar-refractivity contribution is 5.94. The van der Waals surface area contributed by atoms with Crippen molar-refractivity contribution in [2.75, 3.05) is 26.2 Å². The van der Waals surface area contributed by atoms with E-state index < -0.39 is 12.7 Å². The third-order valence-electron chi connectivity index (χ3n) is 4.24. The molecule has 0 heterocycles. The van der Waals surface area contributed by atoms with Gasteiger partial charge in [0.25, 0.3) is 5.91 Å². The van der Waals surface area contributed by atoms with E-state index in [2.05, 4.69) is 25.7 Å². The number of aliphatic hydroxyl groups is 1. The van der Waals surface area contributed by atoms with Crippen molar-refractivity contribution in [3.8, 4) is 5.75 Å². The Bertz CT molecular complexity index is 860. The summed E-state index contributed by atoms with van der Waals surface area (Å²) >= 11 is 0. The van der Waals surface area contributed by atoms with Gasteiger partial charge in [-0.2, -0.15) is 8.78 Å². The lowest BCUT2D eigenvalue weighted by molar-refractivity contribution is -0.0498. The number of halogens is 2. The van der Waals surface area contributed by atoms with Gasteiger partial charge in [-0.05, 0) is 43.7 Å². The molecule has 4 N–H and O–H groups in total. The minimum absolute atomic E-state index is 0.0252. The lowest BCUT2D eigenvalue weighted by Gasteiger charge is -2.14. The summed E-state index contributed by atoms with van der Waals surface area (Å²) < 4.78 is 28.7. The number of hydrogen-bond donors (Lipinski definition) is 4. The van der Waals surface area contributed by atoms with Crippen LogP contribution in [0.2, 0.25) is 0 Å². The Kier molecular flexibility index (Phi) is 9.70. The monoisotopic (exact) mass is 434 g/mol. The average Bonchev–Trinajstić information content (AvgIpc) is 2.74. The first kappa shape index (κ1) is 24.1. The zero-order chi connectivity index (χ0) is 22.6. The van der Waals surface area contributed by atoms with E-state index in [1.54, 1.807) is 6.07 Å². The number of carbonyl (C=O) groups excluding carboxylic acids is 1. The standard InChI is InChI=1S/C22H28F2N4O3/c1-3-25-22(27-12-11-26-20(30)17-6-4-5-15(2)13-17)28-14-19(29)16-7-9-18(10-8-16)31-21(23)24/h4-10,13,19,21,29H,3,11-12,14H2,1-2H3,(H,26,30)(H2,25,27,28). The first-order chi connectivity index (χ1) is 14.9. The summed E-state index contributed by atoms with van der Waals surface area (Å²) in [5.74, 6) is 0.364. The molecule has 1 atom stereocenters. The molecule has 168 valence electrons. The fourth-order valence-corrected chi connectivity index (χ4v) is 2.74. The summed E-state index contributed by atoms with van der Waals surface area (Å²) in [5, 5.41) is 19.3. The van der Waals surface area contributed by atoms with E-state index in [4.69, 9.17) is 0 Å². The fourth-order valence-electron chi connectivity index (χ4n) is 2.74. The molecule has 0 aliphatic rings. The molecule has 1 amide bonds. The van der Waals surface area contributed by atoms with Gasteiger partial charge in [0.05, 0.1) is 12.6 Å². The van der Waals surface area contributed by atoms with E-state index >= 15 is 0 Å². The number of ether oxygens (including phenoxy) is 1. The molecule has 0 aromatic heterocycles. The average molecular weight is 434 g/mol. The zero-order valence-electron chi connectivity index (χ0n) is 17.6. The van der Waals surface area contributed by atoms with E-state index in [-0.39, 0.29) is 18.2 Å². The van der Waals surface area contributed by atoms with Crippen LogP contribution in [-0.2, 0) is 0 Å². The number of alkyl halides is 2.